The summed E-state index contributed by atoms with van der Waals surface area (Å²) in [6.45, 7) is 4.96. The third kappa shape index (κ3) is 5.20. The van der Waals surface area contributed by atoms with Crippen molar-refractivity contribution in [1.82, 2.24) is 10.6 Å². The Kier molecular flexibility index (Phi) is 6.66. The molecule has 1 saturated heterocycles. The lowest BCUT2D eigenvalue weighted by molar-refractivity contribution is 0.462. The van der Waals surface area contributed by atoms with Crippen LogP contribution in [0.25, 0.3) is 0 Å². The number of nitriles is 1. The van der Waals surface area contributed by atoms with Crippen LogP contribution in [-0.4, -0.2) is 31.6 Å². The number of hydrogen-bond acceptors (Lipinski definition) is 4. The highest BCUT2D eigenvalue weighted by molar-refractivity contribution is 7.14. The predicted molar refractivity (Wildman–Crippen MR) is 109 cm³/mol. The highest BCUT2D eigenvalue weighted by atomic mass is 32.1. The van der Waals surface area contributed by atoms with E-state index in [4.69, 9.17) is 5.26 Å². The van der Waals surface area contributed by atoms with Gasteiger partial charge in [-0.05, 0) is 55.5 Å². The molecule has 1 aliphatic rings. The number of hydrogen-bond donors (Lipinski definition) is 2. The van der Waals surface area contributed by atoms with Crippen molar-refractivity contribution in [2.24, 2.45) is 4.99 Å². The van der Waals surface area contributed by atoms with Gasteiger partial charge in [0, 0.05) is 31.2 Å². The van der Waals surface area contributed by atoms with Crippen molar-refractivity contribution in [3.63, 3.8) is 0 Å². The molecule has 142 valence electrons. The van der Waals surface area contributed by atoms with Crippen LogP contribution in [-0.2, 0) is 6.54 Å². The van der Waals surface area contributed by atoms with Gasteiger partial charge >= 0.3 is 0 Å². The molecular weight excluding hydrogens is 361 g/mol. The smallest absolute Gasteiger partial charge is 0.191 e. The van der Waals surface area contributed by atoms with E-state index in [9.17, 15) is 4.39 Å². The van der Waals surface area contributed by atoms with Gasteiger partial charge in [-0.15, -0.1) is 11.3 Å². The number of halogens is 1. The Hall–Kier alpha value is -2.59. The molecule has 0 amide bonds. The summed E-state index contributed by atoms with van der Waals surface area (Å²) in [7, 11) is 0. The third-order valence-corrected chi connectivity index (χ3v) is 5.51. The topological polar surface area (TPSA) is 63.5 Å². The monoisotopic (exact) mass is 385 g/mol. The Bertz CT molecular complexity index is 804. The molecule has 0 radical (unpaired) electrons. The molecule has 27 heavy (non-hydrogen) atoms. The zero-order valence-electron chi connectivity index (χ0n) is 15.4. The second-order valence-corrected chi connectivity index (χ2v) is 7.40. The van der Waals surface area contributed by atoms with E-state index >= 15 is 0 Å². The van der Waals surface area contributed by atoms with Gasteiger partial charge in [-0.25, -0.2) is 9.38 Å². The van der Waals surface area contributed by atoms with Gasteiger partial charge in [-0.2, -0.15) is 5.26 Å². The van der Waals surface area contributed by atoms with Gasteiger partial charge in [0.2, 0.25) is 0 Å². The lowest BCUT2D eigenvalue weighted by Crippen LogP contribution is -2.48. The van der Waals surface area contributed by atoms with Gasteiger partial charge in [0.15, 0.2) is 5.96 Å². The van der Waals surface area contributed by atoms with E-state index in [1.807, 2.05) is 13.0 Å². The van der Waals surface area contributed by atoms with E-state index < -0.39 is 0 Å². The van der Waals surface area contributed by atoms with Crippen LogP contribution in [0.2, 0.25) is 0 Å². The number of anilines is 1. The molecule has 2 heterocycles. The number of rotatable bonds is 5. The zero-order valence-corrected chi connectivity index (χ0v) is 16.2. The molecule has 0 spiro atoms. The molecule has 0 atom stereocenters. The summed E-state index contributed by atoms with van der Waals surface area (Å²) in [6, 6.07) is 11.0. The summed E-state index contributed by atoms with van der Waals surface area (Å²) < 4.78 is 14.0. The normalized spacial score (nSPS) is 15.4. The molecule has 1 aromatic carbocycles. The summed E-state index contributed by atoms with van der Waals surface area (Å²) in [6.07, 6.45) is 2.06. The number of nitrogens with zero attached hydrogens (tertiary/aromatic N) is 3. The highest BCUT2D eigenvalue weighted by Crippen LogP contribution is 2.24. The second kappa shape index (κ2) is 9.38. The lowest BCUT2D eigenvalue weighted by Gasteiger charge is -2.33. The Morgan fingerprint density at radius 2 is 2.19 bits per heavy atom. The predicted octanol–water partition coefficient (Wildman–Crippen LogP) is 3.48. The van der Waals surface area contributed by atoms with E-state index in [2.05, 4.69) is 38.0 Å². The fourth-order valence-corrected chi connectivity index (χ4v) is 3.92. The van der Waals surface area contributed by atoms with E-state index in [-0.39, 0.29) is 12.4 Å². The number of piperidine rings is 1. The van der Waals surface area contributed by atoms with Crippen LogP contribution in [0.1, 0.15) is 30.9 Å². The number of aliphatic imine (C=N–C) groups is 1. The lowest BCUT2D eigenvalue weighted by atomic mass is 10.1. The molecule has 0 saturated carbocycles. The molecule has 2 aromatic rings. The SMILES string of the molecule is CCNC(=NCc1cc(C#N)ccc1F)NC1CCN(c2cccs2)CC1. The van der Waals surface area contributed by atoms with Crippen molar-refractivity contribution in [3.8, 4) is 6.07 Å². The van der Waals surface area contributed by atoms with E-state index in [0.717, 1.165) is 32.5 Å². The van der Waals surface area contributed by atoms with Gasteiger partial charge in [0.05, 0.1) is 23.2 Å². The average Bonchev–Trinajstić information content (AvgIpc) is 3.23. The molecule has 1 fully saturated rings. The summed E-state index contributed by atoms with van der Waals surface area (Å²) in [5, 5.41) is 19.1. The fourth-order valence-electron chi connectivity index (χ4n) is 3.14. The summed E-state index contributed by atoms with van der Waals surface area (Å²) in [5.41, 5.74) is 0.874. The quantitative estimate of drug-likeness (QED) is 0.611. The van der Waals surface area contributed by atoms with Gasteiger partial charge in [-0.1, -0.05) is 0 Å². The third-order valence-electron chi connectivity index (χ3n) is 4.58. The molecule has 0 unspecified atom stereocenters. The van der Waals surface area contributed by atoms with Crippen molar-refractivity contribution < 1.29 is 4.39 Å². The molecule has 1 aromatic heterocycles. The van der Waals surface area contributed by atoms with Crippen LogP contribution >= 0.6 is 11.3 Å². The van der Waals surface area contributed by atoms with Crippen LogP contribution in [0.4, 0.5) is 9.39 Å². The minimum absolute atomic E-state index is 0.199. The van der Waals surface area contributed by atoms with Crippen molar-refractivity contribution in [2.45, 2.75) is 32.4 Å². The first-order chi connectivity index (χ1) is 13.2. The van der Waals surface area contributed by atoms with Crippen molar-refractivity contribution in [2.75, 3.05) is 24.5 Å². The van der Waals surface area contributed by atoms with Crippen molar-refractivity contribution in [1.29, 1.82) is 5.26 Å². The van der Waals surface area contributed by atoms with E-state index in [1.54, 1.807) is 17.4 Å². The average molecular weight is 386 g/mol. The summed E-state index contributed by atoms with van der Waals surface area (Å²) in [4.78, 5) is 6.93. The van der Waals surface area contributed by atoms with E-state index in [0.29, 0.717) is 23.1 Å². The van der Waals surface area contributed by atoms with Gasteiger partial charge in [0.1, 0.15) is 5.82 Å². The van der Waals surface area contributed by atoms with E-state index in [1.165, 1.54) is 17.1 Å². The number of guanidine groups is 1. The molecule has 1 aliphatic heterocycles. The van der Waals surface area contributed by atoms with Gasteiger partial charge in [-0.3, -0.25) is 0 Å². The molecule has 2 N–H and O–H groups in total. The second-order valence-electron chi connectivity index (χ2n) is 6.47. The van der Waals surface area contributed by atoms with Gasteiger partial charge < -0.3 is 15.5 Å². The van der Waals surface area contributed by atoms with Crippen molar-refractivity contribution >= 4 is 22.3 Å². The minimum Gasteiger partial charge on any atom is -0.363 e. The molecule has 5 nitrogen and oxygen atoms in total. The maximum absolute atomic E-state index is 14.0. The van der Waals surface area contributed by atoms with Crippen LogP contribution in [0.5, 0.6) is 0 Å². The molecule has 3 rings (SSSR count). The van der Waals surface area contributed by atoms with Crippen LogP contribution in [0.15, 0.2) is 40.7 Å². The minimum atomic E-state index is -0.335. The van der Waals surface area contributed by atoms with Crippen LogP contribution in [0.3, 0.4) is 0 Å². The zero-order chi connectivity index (χ0) is 19.1. The van der Waals surface area contributed by atoms with Crippen molar-refractivity contribution in [3.05, 3.63) is 52.7 Å². The first-order valence-electron chi connectivity index (χ1n) is 9.21. The van der Waals surface area contributed by atoms with Crippen LogP contribution in [0, 0.1) is 17.1 Å². The number of nitrogens with one attached hydrogen (secondary N) is 2. The van der Waals surface area contributed by atoms with Crippen LogP contribution < -0.4 is 15.5 Å². The first kappa shape index (κ1) is 19.2. The summed E-state index contributed by atoms with van der Waals surface area (Å²) in [5.74, 6) is 0.353. The Balaban J connectivity index is 1.59. The highest BCUT2D eigenvalue weighted by Gasteiger charge is 2.20. The number of thiophene rings is 1. The Labute approximate surface area is 163 Å². The first-order valence-corrected chi connectivity index (χ1v) is 10.1. The molecule has 7 heteroatoms. The fraction of sp³-hybridized carbons (Fsp3) is 0.400. The Morgan fingerprint density at radius 1 is 1.37 bits per heavy atom. The standard InChI is InChI=1S/C20H24FN5S/c1-2-23-20(24-14-16-12-15(13-22)5-6-18(16)21)25-17-7-9-26(10-8-17)19-4-3-11-27-19/h3-6,11-12,17H,2,7-10,14H2,1H3,(H2,23,24,25). The number of benzene rings is 1. The molecule has 0 bridgehead atoms. The Morgan fingerprint density at radius 3 is 2.85 bits per heavy atom. The van der Waals surface area contributed by atoms with Gasteiger partial charge in [0.25, 0.3) is 0 Å². The largest absolute Gasteiger partial charge is 0.363 e. The maximum Gasteiger partial charge on any atom is 0.191 e. The molecular formula is C20H24FN5S. The molecule has 0 aliphatic carbocycles. The summed E-state index contributed by atoms with van der Waals surface area (Å²) >= 11 is 1.77. The maximum atomic E-state index is 14.0.